The molecular weight excluding hydrogens is 252 g/mol. The van der Waals surface area contributed by atoms with Gasteiger partial charge in [-0.2, -0.15) is 0 Å². The van der Waals surface area contributed by atoms with E-state index in [1.54, 1.807) is 32.0 Å². The Balaban J connectivity index is 2.45. The predicted molar refractivity (Wildman–Crippen MR) is 66.2 cm³/mol. The van der Waals surface area contributed by atoms with Crippen LogP contribution in [0.1, 0.15) is 29.8 Å². The van der Waals surface area contributed by atoms with Crippen molar-refractivity contribution >= 4 is 11.7 Å². The number of hydrogen-bond donors (Lipinski definition) is 1. The van der Waals surface area contributed by atoms with E-state index >= 15 is 0 Å². The molecule has 2 rings (SSSR count). The maximum absolute atomic E-state index is 13.4. The van der Waals surface area contributed by atoms with Gasteiger partial charge in [0.2, 0.25) is 5.91 Å². The molecule has 1 amide bonds. The number of benzene rings is 1. The molecule has 0 saturated carbocycles. The van der Waals surface area contributed by atoms with Crippen LogP contribution in [-0.2, 0) is 11.2 Å². The van der Waals surface area contributed by atoms with E-state index in [9.17, 15) is 18.4 Å². The molecular formula is C14H15F2NO2. The van der Waals surface area contributed by atoms with Crippen molar-refractivity contribution in [3.63, 3.8) is 0 Å². The highest BCUT2D eigenvalue weighted by atomic mass is 19.3. The lowest BCUT2D eigenvalue weighted by atomic mass is 9.82. The molecule has 5 heteroatoms. The first-order chi connectivity index (χ1) is 8.89. The maximum atomic E-state index is 13.4. The number of amides is 1. The Hall–Kier alpha value is -1.78. The number of carbonyl (C=O) groups excluding carboxylic acids is 2. The van der Waals surface area contributed by atoms with Gasteiger partial charge in [-0.3, -0.25) is 9.59 Å². The largest absolute Gasteiger partial charge is 0.353 e. The van der Waals surface area contributed by atoms with E-state index in [2.05, 4.69) is 5.32 Å². The molecule has 1 unspecified atom stereocenters. The minimum atomic E-state index is -3.02. The summed E-state index contributed by atoms with van der Waals surface area (Å²) < 4.78 is 26.9. The Labute approximate surface area is 110 Å². The third kappa shape index (κ3) is 2.03. The van der Waals surface area contributed by atoms with Crippen LogP contribution in [0.15, 0.2) is 24.3 Å². The van der Waals surface area contributed by atoms with Gasteiger partial charge in [-0.05, 0) is 19.4 Å². The average Bonchev–Trinajstić information content (AvgIpc) is 2.64. The number of nitrogens with one attached hydrogen (secondary N) is 1. The summed E-state index contributed by atoms with van der Waals surface area (Å²) in [5, 5.41) is 2.43. The summed E-state index contributed by atoms with van der Waals surface area (Å²) in [5.74, 6) is -1.67. The van der Waals surface area contributed by atoms with Gasteiger partial charge >= 0.3 is 0 Å². The zero-order valence-corrected chi connectivity index (χ0v) is 10.7. The van der Waals surface area contributed by atoms with Crippen LogP contribution < -0.4 is 5.32 Å². The Bertz CT molecular complexity index is 528. The van der Waals surface area contributed by atoms with E-state index in [0.29, 0.717) is 5.56 Å². The standard InChI is InChI=1S/C14H15F2NO2/c1-8(2)17-13(19)14(12(15)16)7-9-5-3-4-6-10(9)11(14)18/h3-6,8,12H,7H2,1-2H3,(H,17,19). The molecule has 0 aromatic heterocycles. The van der Waals surface area contributed by atoms with Crippen LogP contribution in [0, 0.1) is 5.41 Å². The zero-order chi connectivity index (χ0) is 14.2. The Morgan fingerprint density at radius 2 is 1.95 bits per heavy atom. The van der Waals surface area contributed by atoms with E-state index in [1.807, 2.05) is 0 Å². The first-order valence-electron chi connectivity index (χ1n) is 6.11. The molecule has 0 radical (unpaired) electrons. The molecule has 19 heavy (non-hydrogen) atoms. The quantitative estimate of drug-likeness (QED) is 0.853. The molecule has 3 nitrogen and oxygen atoms in total. The van der Waals surface area contributed by atoms with Crippen molar-refractivity contribution in [3.8, 4) is 0 Å². The molecule has 0 spiro atoms. The highest BCUT2D eigenvalue weighted by Crippen LogP contribution is 2.41. The summed E-state index contributed by atoms with van der Waals surface area (Å²) in [4.78, 5) is 24.3. The van der Waals surface area contributed by atoms with Gasteiger partial charge in [0.15, 0.2) is 11.2 Å². The first kappa shape index (κ1) is 13.6. The summed E-state index contributed by atoms with van der Waals surface area (Å²) in [6.07, 6.45) is -3.26. The summed E-state index contributed by atoms with van der Waals surface area (Å²) in [7, 11) is 0. The molecule has 0 heterocycles. The van der Waals surface area contributed by atoms with Crippen LogP contribution in [-0.4, -0.2) is 24.2 Å². The third-order valence-corrected chi connectivity index (χ3v) is 3.33. The smallest absolute Gasteiger partial charge is 0.260 e. The third-order valence-electron chi connectivity index (χ3n) is 3.33. The summed E-state index contributed by atoms with van der Waals surface area (Å²) >= 11 is 0. The van der Waals surface area contributed by atoms with Gasteiger partial charge < -0.3 is 5.32 Å². The second kappa shape index (κ2) is 4.72. The molecule has 1 aliphatic carbocycles. The number of rotatable bonds is 3. The predicted octanol–water partition coefficient (Wildman–Crippen LogP) is 2.20. The molecule has 1 aliphatic rings. The van der Waals surface area contributed by atoms with Crippen LogP contribution in [0.4, 0.5) is 8.78 Å². The van der Waals surface area contributed by atoms with Crippen molar-refractivity contribution in [1.29, 1.82) is 0 Å². The topological polar surface area (TPSA) is 46.2 Å². The number of ketones is 1. The first-order valence-corrected chi connectivity index (χ1v) is 6.11. The molecule has 1 atom stereocenters. The maximum Gasteiger partial charge on any atom is 0.260 e. The van der Waals surface area contributed by atoms with E-state index in [-0.39, 0.29) is 18.0 Å². The van der Waals surface area contributed by atoms with Crippen molar-refractivity contribution in [2.75, 3.05) is 0 Å². The molecule has 1 N–H and O–H groups in total. The number of halogens is 2. The van der Waals surface area contributed by atoms with Gasteiger partial charge in [0.05, 0.1) is 0 Å². The lowest BCUT2D eigenvalue weighted by molar-refractivity contribution is -0.136. The van der Waals surface area contributed by atoms with Crippen molar-refractivity contribution in [1.82, 2.24) is 5.32 Å². The normalized spacial score (nSPS) is 21.9. The van der Waals surface area contributed by atoms with E-state index in [4.69, 9.17) is 0 Å². The molecule has 0 aliphatic heterocycles. The van der Waals surface area contributed by atoms with Crippen LogP contribution in [0.3, 0.4) is 0 Å². The fourth-order valence-electron chi connectivity index (χ4n) is 2.37. The molecule has 1 aromatic carbocycles. The fourth-order valence-corrected chi connectivity index (χ4v) is 2.37. The summed E-state index contributed by atoms with van der Waals surface area (Å²) in [5.41, 5.74) is -1.54. The number of fused-ring (bicyclic) bond motifs is 1. The minimum absolute atomic E-state index is 0.224. The fraction of sp³-hybridized carbons (Fsp3) is 0.429. The van der Waals surface area contributed by atoms with Crippen molar-refractivity contribution in [3.05, 3.63) is 35.4 Å². The average molecular weight is 267 g/mol. The van der Waals surface area contributed by atoms with Crippen LogP contribution in [0.25, 0.3) is 0 Å². The number of alkyl halides is 2. The van der Waals surface area contributed by atoms with Gasteiger partial charge in [-0.25, -0.2) is 8.78 Å². The van der Waals surface area contributed by atoms with E-state index in [1.165, 1.54) is 6.07 Å². The van der Waals surface area contributed by atoms with Gasteiger partial charge in [-0.15, -0.1) is 0 Å². The lowest BCUT2D eigenvalue weighted by Gasteiger charge is -2.26. The van der Waals surface area contributed by atoms with Gasteiger partial charge in [0.1, 0.15) is 0 Å². The van der Waals surface area contributed by atoms with Crippen molar-refractivity contribution in [2.24, 2.45) is 5.41 Å². The highest BCUT2D eigenvalue weighted by molar-refractivity contribution is 6.17. The van der Waals surface area contributed by atoms with E-state index in [0.717, 1.165) is 0 Å². The van der Waals surface area contributed by atoms with E-state index < -0.39 is 23.5 Å². The molecule has 102 valence electrons. The highest BCUT2D eigenvalue weighted by Gasteiger charge is 2.58. The van der Waals surface area contributed by atoms with Crippen LogP contribution in [0.2, 0.25) is 0 Å². The van der Waals surface area contributed by atoms with Gasteiger partial charge in [0.25, 0.3) is 6.43 Å². The molecule has 1 aromatic rings. The number of Topliss-reactive ketones (excluding diaryl/α,β-unsaturated/α-hetero) is 1. The SMILES string of the molecule is CC(C)NC(=O)C1(C(F)F)Cc2ccccc2C1=O. The summed E-state index contributed by atoms with van der Waals surface area (Å²) in [6, 6.07) is 6.09. The second-order valence-electron chi connectivity index (χ2n) is 5.06. The van der Waals surface area contributed by atoms with Crippen LogP contribution >= 0.6 is 0 Å². The number of carbonyl (C=O) groups is 2. The molecule has 0 fully saturated rings. The van der Waals surface area contributed by atoms with Gasteiger partial charge in [0, 0.05) is 18.0 Å². The summed E-state index contributed by atoms with van der Waals surface area (Å²) in [6.45, 7) is 3.34. The molecule has 0 saturated heterocycles. The van der Waals surface area contributed by atoms with Gasteiger partial charge in [-0.1, -0.05) is 24.3 Å². The minimum Gasteiger partial charge on any atom is -0.353 e. The molecule has 0 bridgehead atoms. The zero-order valence-electron chi connectivity index (χ0n) is 10.7. The van der Waals surface area contributed by atoms with Crippen molar-refractivity contribution < 1.29 is 18.4 Å². The Kier molecular flexibility index (Phi) is 3.39. The lowest BCUT2D eigenvalue weighted by Crippen LogP contribution is -2.51. The Morgan fingerprint density at radius 3 is 2.47 bits per heavy atom. The van der Waals surface area contributed by atoms with Crippen LogP contribution in [0.5, 0.6) is 0 Å². The second-order valence-corrected chi connectivity index (χ2v) is 5.06. The van der Waals surface area contributed by atoms with Crippen molar-refractivity contribution in [2.45, 2.75) is 32.7 Å². The monoisotopic (exact) mass is 267 g/mol. The number of hydrogen-bond acceptors (Lipinski definition) is 2. The Morgan fingerprint density at radius 1 is 1.32 bits per heavy atom.